The lowest BCUT2D eigenvalue weighted by atomic mass is 9.89. The number of hydrogen-bond donors (Lipinski definition) is 1. The molecule has 1 aliphatic heterocycles. The number of hydrogen-bond acceptors (Lipinski definition) is 2. The third-order valence-electron chi connectivity index (χ3n) is 3.15. The van der Waals surface area contributed by atoms with Crippen LogP contribution in [0.15, 0.2) is 18.2 Å². The first-order valence-corrected chi connectivity index (χ1v) is 6.68. The molecule has 0 saturated carbocycles. The van der Waals surface area contributed by atoms with Crippen molar-refractivity contribution in [2.75, 3.05) is 13.1 Å². The lowest BCUT2D eigenvalue weighted by Gasteiger charge is -2.46. The van der Waals surface area contributed by atoms with Crippen molar-refractivity contribution in [3.05, 3.63) is 33.8 Å². The summed E-state index contributed by atoms with van der Waals surface area (Å²) in [5.74, 6) is -0.216. The molecule has 98 valence electrons. The Kier molecular flexibility index (Phi) is 3.85. The molecule has 0 atom stereocenters. The van der Waals surface area contributed by atoms with Crippen molar-refractivity contribution in [2.45, 2.75) is 25.4 Å². The molecule has 5 heteroatoms. The van der Waals surface area contributed by atoms with E-state index in [2.05, 4.69) is 0 Å². The molecule has 18 heavy (non-hydrogen) atoms. The second kappa shape index (κ2) is 5.08. The standard InChI is InChI=1S/C13H15Cl2NO2/c1-2-6-13(18)7-16(8-13)12(17)11-9(14)4-3-5-10(11)15/h3-5,18H,2,6-8H2,1H3. The summed E-state index contributed by atoms with van der Waals surface area (Å²) in [7, 11) is 0. The van der Waals surface area contributed by atoms with Crippen LogP contribution in [0.25, 0.3) is 0 Å². The molecule has 1 fully saturated rings. The molecule has 3 nitrogen and oxygen atoms in total. The van der Waals surface area contributed by atoms with Gasteiger partial charge in [-0.2, -0.15) is 0 Å². The number of benzene rings is 1. The molecule has 1 aromatic rings. The van der Waals surface area contributed by atoms with E-state index in [1.165, 1.54) is 0 Å². The summed E-state index contributed by atoms with van der Waals surface area (Å²) in [6.45, 7) is 2.70. The molecule has 1 saturated heterocycles. The Morgan fingerprint density at radius 1 is 1.39 bits per heavy atom. The zero-order chi connectivity index (χ0) is 13.3. The zero-order valence-corrected chi connectivity index (χ0v) is 11.6. The van der Waals surface area contributed by atoms with Gasteiger partial charge in [-0.1, -0.05) is 42.6 Å². The van der Waals surface area contributed by atoms with Gasteiger partial charge in [-0.3, -0.25) is 4.79 Å². The number of β-amino-alcohol motifs (C(OH)–C–C–N with tert-alkyl or cyclic N) is 1. The highest BCUT2D eigenvalue weighted by Gasteiger charge is 2.43. The van der Waals surface area contributed by atoms with Gasteiger partial charge in [0, 0.05) is 0 Å². The van der Waals surface area contributed by atoms with Crippen molar-refractivity contribution in [3.8, 4) is 0 Å². The SMILES string of the molecule is CCCC1(O)CN(C(=O)c2c(Cl)cccc2Cl)C1. The summed E-state index contributed by atoms with van der Waals surface area (Å²) in [4.78, 5) is 13.8. The number of carbonyl (C=O) groups is 1. The summed E-state index contributed by atoms with van der Waals surface area (Å²) in [5, 5.41) is 10.7. The van der Waals surface area contributed by atoms with Gasteiger partial charge in [-0.15, -0.1) is 0 Å². The second-order valence-electron chi connectivity index (χ2n) is 4.73. The van der Waals surface area contributed by atoms with E-state index in [-0.39, 0.29) is 5.91 Å². The monoisotopic (exact) mass is 287 g/mol. The van der Waals surface area contributed by atoms with E-state index >= 15 is 0 Å². The number of rotatable bonds is 3. The fraction of sp³-hybridized carbons (Fsp3) is 0.462. The Morgan fingerprint density at radius 2 is 1.94 bits per heavy atom. The zero-order valence-electron chi connectivity index (χ0n) is 10.1. The molecule has 1 N–H and O–H groups in total. The van der Waals surface area contributed by atoms with Gasteiger partial charge in [-0.25, -0.2) is 0 Å². The molecule has 1 aromatic carbocycles. The van der Waals surface area contributed by atoms with Gasteiger partial charge in [0.2, 0.25) is 0 Å². The number of amides is 1. The number of carbonyl (C=O) groups excluding carboxylic acids is 1. The summed E-state index contributed by atoms with van der Waals surface area (Å²) in [6.07, 6.45) is 1.60. The molecule has 0 spiro atoms. The predicted molar refractivity (Wildman–Crippen MR) is 72.2 cm³/mol. The molecule has 1 heterocycles. The minimum absolute atomic E-state index is 0.216. The van der Waals surface area contributed by atoms with E-state index in [0.717, 1.165) is 6.42 Å². The number of halogens is 2. The van der Waals surface area contributed by atoms with E-state index in [4.69, 9.17) is 23.2 Å². The lowest BCUT2D eigenvalue weighted by Crippen LogP contribution is -2.63. The largest absolute Gasteiger partial charge is 0.386 e. The fourth-order valence-electron chi connectivity index (χ4n) is 2.29. The number of aliphatic hydroxyl groups is 1. The van der Waals surface area contributed by atoms with Crippen molar-refractivity contribution in [1.29, 1.82) is 0 Å². The van der Waals surface area contributed by atoms with Crippen molar-refractivity contribution in [2.24, 2.45) is 0 Å². The van der Waals surface area contributed by atoms with Crippen LogP contribution in [0.2, 0.25) is 10.0 Å². The van der Waals surface area contributed by atoms with Crippen molar-refractivity contribution < 1.29 is 9.90 Å². The van der Waals surface area contributed by atoms with Gasteiger partial charge in [0.1, 0.15) is 0 Å². The molecule has 0 radical (unpaired) electrons. The van der Waals surface area contributed by atoms with Gasteiger partial charge >= 0.3 is 0 Å². The van der Waals surface area contributed by atoms with Crippen LogP contribution in [-0.4, -0.2) is 34.6 Å². The smallest absolute Gasteiger partial charge is 0.257 e. The third-order valence-corrected chi connectivity index (χ3v) is 3.78. The third kappa shape index (κ3) is 2.48. The van der Waals surface area contributed by atoms with Crippen LogP contribution in [0.5, 0.6) is 0 Å². The number of nitrogens with zero attached hydrogens (tertiary/aromatic N) is 1. The van der Waals surface area contributed by atoms with E-state index in [9.17, 15) is 9.90 Å². The summed E-state index contributed by atoms with van der Waals surface area (Å²) < 4.78 is 0. The lowest BCUT2D eigenvalue weighted by molar-refractivity contribution is -0.0860. The highest BCUT2D eigenvalue weighted by Crippen LogP contribution is 2.31. The summed E-state index contributed by atoms with van der Waals surface area (Å²) in [6, 6.07) is 4.97. The van der Waals surface area contributed by atoms with Crippen LogP contribution in [0.3, 0.4) is 0 Å². The van der Waals surface area contributed by atoms with Crippen LogP contribution in [0, 0.1) is 0 Å². The molecule has 0 aromatic heterocycles. The van der Waals surface area contributed by atoms with Gasteiger partial charge < -0.3 is 10.0 Å². The second-order valence-corrected chi connectivity index (χ2v) is 5.55. The van der Waals surface area contributed by atoms with Crippen LogP contribution < -0.4 is 0 Å². The van der Waals surface area contributed by atoms with Crippen LogP contribution in [-0.2, 0) is 0 Å². The maximum absolute atomic E-state index is 12.2. The summed E-state index contributed by atoms with van der Waals surface area (Å²) >= 11 is 12.0. The first-order valence-electron chi connectivity index (χ1n) is 5.92. The molecule has 2 rings (SSSR count). The van der Waals surface area contributed by atoms with Crippen molar-refractivity contribution in [3.63, 3.8) is 0 Å². The Hall–Kier alpha value is -0.770. The van der Waals surface area contributed by atoms with Crippen LogP contribution in [0.1, 0.15) is 30.1 Å². The molecule has 0 aliphatic carbocycles. The van der Waals surface area contributed by atoms with E-state index in [1.807, 2.05) is 6.92 Å². The molecule has 0 unspecified atom stereocenters. The average molecular weight is 288 g/mol. The van der Waals surface area contributed by atoms with E-state index in [1.54, 1.807) is 23.1 Å². The Bertz CT molecular complexity index is 450. The van der Waals surface area contributed by atoms with Crippen LogP contribution in [0.4, 0.5) is 0 Å². The van der Waals surface area contributed by atoms with Crippen molar-refractivity contribution >= 4 is 29.1 Å². The quantitative estimate of drug-likeness (QED) is 0.929. The van der Waals surface area contributed by atoms with Crippen LogP contribution >= 0.6 is 23.2 Å². The molecular weight excluding hydrogens is 273 g/mol. The Balaban J connectivity index is 2.11. The Labute approximate surface area is 116 Å². The molecule has 1 amide bonds. The highest BCUT2D eigenvalue weighted by molar-refractivity contribution is 6.39. The average Bonchev–Trinajstić information content (AvgIpc) is 2.25. The van der Waals surface area contributed by atoms with Gasteiger partial charge in [0.15, 0.2) is 0 Å². The van der Waals surface area contributed by atoms with E-state index in [0.29, 0.717) is 35.1 Å². The first kappa shape index (κ1) is 13.7. The molecular formula is C13H15Cl2NO2. The maximum Gasteiger partial charge on any atom is 0.257 e. The maximum atomic E-state index is 12.2. The normalized spacial score (nSPS) is 17.4. The minimum Gasteiger partial charge on any atom is -0.386 e. The fourth-order valence-corrected chi connectivity index (χ4v) is 2.85. The topological polar surface area (TPSA) is 40.5 Å². The van der Waals surface area contributed by atoms with Gasteiger partial charge in [0.05, 0.1) is 34.3 Å². The van der Waals surface area contributed by atoms with Gasteiger partial charge in [0.25, 0.3) is 5.91 Å². The highest BCUT2D eigenvalue weighted by atomic mass is 35.5. The number of likely N-dealkylation sites (tertiary alicyclic amines) is 1. The minimum atomic E-state index is -0.738. The molecule has 0 bridgehead atoms. The Morgan fingerprint density at radius 3 is 2.44 bits per heavy atom. The van der Waals surface area contributed by atoms with Crippen molar-refractivity contribution in [1.82, 2.24) is 4.90 Å². The van der Waals surface area contributed by atoms with E-state index < -0.39 is 5.60 Å². The predicted octanol–water partition coefficient (Wildman–Crippen LogP) is 2.98. The first-order chi connectivity index (χ1) is 8.47. The molecule has 1 aliphatic rings. The summed E-state index contributed by atoms with van der Waals surface area (Å²) in [5.41, 5.74) is -0.419. The van der Waals surface area contributed by atoms with Gasteiger partial charge in [-0.05, 0) is 18.6 Å².